The van der Waals surface area contributed by atoms with Crippen LogP contribution in [-0.2, 0) is 14.3 Å². The summed E-state index contributed by atoms with van der Waals surface area (Å²) < 4.78 is 29.2. The predicted molar refractivity (Wildman–Crippen MR) is 71.0 cm³/mol. The first kappa shape index (κ1) is 13.7. The van der Waals surface area contributed by atoms with Gasteiger partial charge in [0.2, 0.25) is 0 Å². The van der Waals surface area contributed by atoms with Gasteiger partial charge in [0.25, 0.3) is 10.1 Å². The Labute approximate surface area is 112 Å². The van der Waals surface area contributed by atoms with Crippen LogP contribution in [0.25, 0.3) is 0 Å². The lowest BCUT2D eigenvalue weighted by atomic mass is 10.1. The molecule has 0 aromatic heterocycles. The van der Waals surface area contributed by atoms with E-state index in [1.165, 1.54) is 12.1 Å². The van der Waals surface area contributed by atoms with Crippen molar-refractivity contribution in [3.63, 3.8) is 0 Å². The summed E-state index contributed by atoms with van der Waals surface area (Å²) in [4.78, 5) is 0.0735. The Morgan fingerprint density at radius 3 is 2.00 bits per heavy atom. The highest BCUT2D eigenvalue weighted by Crippen LogP contribution is 2.23. The van der Waals surface area contributed by atoms with E-state index < -0.39 is 22.8 Å². The van der Waals surface area contributed by atoms with E-state index in [1.54, 1.807) is 42.5 Å². The molecule has 5 heteroatoms. The van der Waals surface area contributed by atoms with Gasteiger partial charge in [-0.25, -0.2) is 0 Å². The van der Waals surface area contributed by atoms with E-state index >= 15 is 0 Å². The highest BCUT2D eigenvalue weighted by molar-refractivity contribution is 7.86. The van der Waals surface area contributed by atoms with Crippen LogP contribution < -0.4 is 0 Å². The highest BCUT2D eigenvalue weighted by atomic mass is 32.2. The van der Waals surface area contributed by atoms with Crippen LogP contribution in [0.5, 0.6) is 0 Å². The van der Waals surface area contributed by atoms with Gasteiger partial charge in [-0.1, -0.05) is 48.5 Å². The number of aliphatic hydroxyl groups excluding tert-OH is 1. The second-order valence-corrected chi connectivity index (χ2v) is 5.52. The van der Waals surface area contributed by atoms with Crippen LogP contribution in [0.4, 0.5) is 0 Å². The van der Waals surface area contributed by atoms with Crippen molar-refractivity contribution in [3.05, 3.63) is 66.2 Å². The fraction of sp³-hybridized carbons (Fsp3) is 0.143. The van der Waals surface area contributed by atoms with Crippen LogP contribution in [-0.4, -0.2) is 20.1 Å². The molecule has 0 bridgehead atoms. The molecule has 2 rings (SSSR count). The van der Waals surface area contributed by atoms with Crippen molar-refractivity contribution in [3.8, 4) is 0 Å². The average Bonchev–Trinajstić information content (AvgIpc) is 2.47. The smallest absolute Gasteiger partial charge is 0.297 e. The molecule has 2 aromatic rings. The lowest BCUT2D eigenvalue weighted by Gasteiger charge is -2.15. The Morgan fingerprint density at radius 1 is 0.947 bits per heavy atom. The first-order valence-corrected chi connectivity index (χ1v) is 7.18. The number of hydrogen-bond donors (Lipinski definition) is 1. The summed E-state index contributed by atoms with van der Waals surface area (Å²) in [7, 11) is -3.88. The van der Waals surface area contributed by atoms with Crippen LogP contribution >= 0.6 is 0 Å². The Bertz CT molecular complexity index is 608. The van der Waals surface area contributed by atoms with Crippen LogP contribution in [0.15, 0.2) is 65.6 Å². The molecular weight excluding hydrogens is 264 g/mol. The summed E-state index contributed by atoms with van der Waals surface area (Å²) in [5, 5.41) is 9.30. The summed E-state index contributed by atoms with van der Waals surface area (Å²) in [6, 6.07) is 16.6. The molecule has 0 radical (unpaired) electrons. The van der Waals surface area contributed by atoms with Gasteiger partial charge in [0, 0.05) is 0 Å². The topological polar surface area (TPSA) is 63.6 Å². The number of aliphatic hydroxyl groups is 1. The van der Waals surface area contributed by atoms with Crippen molar-refractivity contribution in [2.24, 2.45) is 0 Å². The summed E-state index contributed by atoms with van der Waals surface area (Å²) in [5.74, 6) is 0. The monoisotopic (exact) mass is 278 g/mol. The van der Waals surface area contributed by atoms with Crippen molar-refractivity contribution in [1.29, 1.82) is 0 Å². The lowest BCUT2D eigenvalue weighted by molar-refractivity contribution is 0.122. The van der Waals surface area contributed by atoms with Gasteiger partial charge in [0.1, 0.15) is 6.10 Å². The molecule has 0 heterocycles. The van der Waals surface area contributed by atoms with E-state index in [4.69, 9.17) is 4.18 Å². The number of benzene rings is 2. The van der Waals surface area contributed by atoms with Crippen LogP contribution in [0.1, 0.15) is 11.7 Å². The van der Waals surface area contributed by atoms with Crippen molar-refractivity contribution in [2.45, 2.75) is 11.0 Å². The molecule has 0 saturated carbocycles. The van der Waals surface area contributed by atoms with Gasteiger partial charge in [0.05, 0.1) is 11.5 Å². The maximum Gasteiger partial charge on any atom is 0.297 e. The van der Waals surface area contributed by atoms with Crippen LogP contribution in [0.3, 0.4) is 0 Å². The number of hydrogen-bond acceptors (Lipinski definition) is 4. The third-order valence-corrected chi connectivity index (χ3v) is 3.95. The minimum absolute atomic E-state index is 0.0735. The van der Waals surface area contributed by atoms with Crippen molar-refractivity contribution >= 4 is 10.1 Å². The zero-order valence-corrected chi connectivity index (χ0v) is 11.0. The third-order valence-electron chi connectivity index (χ3n) is 2.61. The molecule has 19 heavy (non-hydrogen) atoms. The molecule has 1 atom stereocenters. The van der Waals surface area contributed by atoms with E-state index in [9.17, 15) is 13.5 Å². The SMILES string of the molecule is O=S(=O)(OC(CO)c1ccccc1)c1ccccc1. The van der Waals surface area contributed by atoms with Gasteiger partial charge in [-0.05, 0) is 17.7 Å². The fourth-order valence-electron chi connectivity index (χ4n) is 1.65. The van der Waals surface area contributed by atoms with Crippen molar-refractivity contribution in [1.82, 2.24) is 0 Å². The van der Waals surface area contributed by atoms with Crippen molar-refractivity contribution in [2.75, 3.05) is 6.61 Å². The summed E-state index contributed by atoms with van der Waals surface area (Å²) in [6.07, 6.45) is -0.897. The third kappa shape index (κ3) is 3.41. The molecule has 1 unspecified atom stereocenters. The Balaban J connectivity index is 2.24. The second-order valence-electron chi connectivity index (χ2n) is 3.95. The largest absolute Gasteiger partial charge is 0.393 e. The van der Waals surface area contributed by atoms with E-state index in [2.05, 4.69) is 0 Å². The fourth-order valence-corrected chi connectivity index (χ4v) is 2.73. The molecule has 1 N–H and O–H groups in total. The lowest BCUT2D eigenvalue weighted by Crippen LogP contribution is -2.15. The van der Waals surface area contributed by atoms with Crippen LogP contribution in [0.2, 0.25) is 0 Å². The number of rotatable bonds is 5. The maximum atomic E-state index is 12.0. The molecule has 0 spiro atoms. The maximum absolute atomic E-state index is 12.0. The highest BCUT2D eigenvalue weighted by Gasteiger charge is 2.22. The molecular formula is C14H14O4S. The van der Waals surface area contributed by atoms with Gasteiger partial charge < -0.3 is 5.11 Å². The van der Waals surface area contributed by atoms with E-state index in [-0.39, 0.29) is 4.90 Å². The summed E-state index contributed by atoms with van der Waals surface area (Å²) in [5.41, 5.74) is 0.615. The molecule has 100 valence electrons. The first-order valence-electron chi connectivity index (χ1n) is 5.77. The minimum atomic E-state index is -3.88. The van der Waals surface area contributed by atoms with Gasteiger partial charge in [-0.3, -0.25) is 4.18 Å². The zero-order valence-electron chi connectivity index (χ0n) is 10.1. The molecule has 4 nitrogen and oxygen atoms in total. The predicted octanol–water partition coefficient (Wildman–Crippen LogP) is 2.13. The van der Waals surface area contributed by atoms with E-state index in [0.717, 1.165) is 0 Å². The van der Waals surface area contributed by atoms with Gasteiger partial charge in [-0.15, -0.1) is 0 Å². The molecule has 2 aromatic carbocycles. The van der Waals surface area contributed by atoms with Gasteiger partial charge >= 0.3 is 0 Å². The Morgan fingerprint density at radius 2 is 1.47 bits per heavy atom. The quantitative estimate of drug-likeness (QED) is 0.851. The molecule has 0 aliphatic heterocycles. The van der Waals surface area contributed by atoms with E-state index in [1.807, 2.05) is 6.07 Å². The Hall–Kier alpha value is -1.69. The van der Waals surface area contributed by atoms with Crippen LogP contribution in [0, 0.1) is 0 Å². The average molecular weight is 278 g/mol. The first-order chi connectivity index (χ1) is 9.13. The summed E-state index contributed by atoms with van der Waals surface area (Å²) >= 11 is 0. The Kier molecular flexibility index (Phi) is 4.31. The second kappa shape index (κ2) is 5.97. The molecule has 0 aliphatic carbocycles. The minimum Gasteiger partial charge on any atom is -0.393 e. The summed E-state index contributed by atoms with van der Waals surface area (Å²) in [6.45, 7) is -0.407. The molecule has 0 fully saturated rings. The van der Waals surface area contributed by atoms with E-state index in [0.29, 0.717) is 5.56 Å². The molecule has 0 aliphatic rings. The molecule has 0 amide bonds. The normalized spacial score (nSPS) is 13.1. The van der Waals surface area contributed by atoms with Gasteiger partial charge in [-0.2, -0.15) is 8.42 Å². The zero-order chi connectivity index (χ0) is 13.7. The molecule has 0 saturated heterocycles. The van der Waals surface area contributed by atoms with Crippen molar-refractivity contribution < 1.29 is 17.7 Å². The van der Waals surface area contributed by atoms with Gasteiger partial charge in [0.15, 0.2) is 0 Å². The standard InChI is InChI=1S/C14H14O4S/c15-11-14(12-7-3-1-4-8-12)18-19(16,17)13-9-5-2-6-10-13/h1-10,14-15H,11H2.